The van der Waals surface area contributed by atoms with Crippen molar-refractivity contribution in [1.29, 1.82) is 0 Å². The van der Waals surface area contributed by atoms with Gasteiger partial charge in [-0.2, -0.15) is 0 Å². The Balaban J connectivity index is 2.70. The highest BCUT2D eigenvalue weighted by molar-refractivity contribution is 5.92. The lowest BCUT2D eigenvalue weighted by atomic mass is 10.1. The summed E-state index contributed by atoms with van der Waals surface area (Å²) in [7, 11) is 0. The van der Waals surface area contributed by atoms with Crippen LogP contribution in [0, 0.1) is 0 Å². The number of aromatic nitrogens is 1. The average Bonchev–Trinajstić information content (AvgIpc) is 2.84. The maximum Gasteiger partial charge on any atom is 0.273 e. The van der Waals surface area contributed by atoms with Crippen molar-refractivity contribution in [3.63, 3.8) is 0 Å². The number of rotatable bonds is 6. The van der Waals surface area contributed by atoms with Crippen LogP contribution in [0.15, 0.2) is 10.7 Å². The lowest BCUT2D eigenvalue weighted by Gasteiger charge is -2.13. The molecule has 1 aromatic rings. The third-order valence-corrected chi connectivity index (χ3v) is 2.88. The lowest BCUT2D eigenvalue weighted by molar-refractivity contribution is 0.0929. The van der Waals surface area contributed by atoms with E-state index in [1.54, 1.807) is 6.92 Å². The molecule has 102 valence electrons. The fraction of sp³-hybridized carbons (Fsp3) is 0.667. The number of aliphatic hydroxyl groups is 1. The number of nitrogens with two attached hydrogens (primary N) is 1. The fourth-order valence-corrected chi connectivity index (χ4v) is 1.50. The van der Waals surface area contributed by atoms with Crippen molar-refractivity contribution in [1.82, 2.24) is 10.3 Å². The van der Waals surface area contributed by atoms with E-state index < -0.39 is 12.1 Å². The summed E-state index contributed by atoms with van der Waals surface area (Å²) in [4.78, 5) is 15.8. The van der Waals surface area contributed by atoms with Gasteiger partial charge in [0.1, 0.15) is 12.3 Å². The maximum atomic E-state index is 11.8. The van der Waals surface area contributed by atoms with Crippen LogP contribution in [0.5, 0.6) is 0 Å². The van der Waals surface area contributed by atoms with Gasteiger partial charge < -0.3 is 20.6 Å². The SMILES string of the molecule is CCC(CC)NC(=O)c1coc(C(N)C(C)O)n1. The molecule has 0 aromatic carbocycles. The van der Waals surface area contributed by atoms with Gasteiger partial charge in [0.2, 0.25) is 5.89 Å². The largest absolute Gasteiger partial charge is 0.446 e. The number of nitrogens with one attached hydrogen (secondary N) is 1. The Bertz CT molecular complexity index is 386. The molecule has 18 heavy (non-hydrogen) atoms. The highest BCUT2D eigenvalue weighted by Crippen LogP contribution is 2.13. The normalized spacial score (nSPS) is 14.6. The smallest absolute Gasteiger partial charge is 0.273 e. The molecule has 0 aliphatic heterocycles. The van der Waals surface area contributed by atoms with Crippen molar-refractivity contribution in [2.45, 2.75) is 51.8 Å². The Hall–Kier alpha value is -1.40. The van der Waals surface area contributed by atoms with Crippen LogP contribution in [0.1, 0.15) is 56.0 Å². The zero-order valence-corrected chi connectivity index (χ0v) is 11.0. The lowest BCUT2D eigenvalue weighted by Crippen LogP contribution is -2.34. The van der Waals surface area contributed by atoms with E-state index in [-0.39, 0.29) is 23.5 Å². The average molecular weight is 255 g/mol. The van der Waals surface area contributed by atoms with Gasteiger partial charge in [-0.1, -0.05) is 13.8 Å². The van der Waals surface area contributed by atoms with Gasteiger partial charge in [0.25, 0.3) is 5.91 Å². The van der Waals surface area contributed by atoms with Crippen molar-refractivity contribution in [2.24, 2.45) is 5.73 Å². The first-order valence-electron chi connectivity index (χ1n) is 6.19. The van der Waals surface area contributed by atoms with Crippen LogP contribution >= 0.6 is 0 Å². The third kappa shape index (κ3) is 3.54. The summed E-state index contributed by atoms with van der Waals surface area (Å²) < 4.78 is 5.10. The summed E-state index contributed by atoms with van der Waals surface area (Å²) in [6.45, 7) is 5.55. The molecule has 6 nitrogen and oxygen atoms in total. The minimum atomic E-state index is -0.779. The fourth-order valence-electron chi connectivity index (χ4n) is 1.50. The molecule has 0 radical (unpaired) electrons. The molecule has 1 amide bonds. The molecule has 4 N–H and O–H groups in total. The van der Waals surface area contributed by atoms with Crippen molar-refractivity contribution in [3.8, 4) is 0 Å². The van der Waals surface area contributed by atoms with E-state index in [1.807, 2.05) is 13.8 Å². The summed E-state index contributed by atoms with van der Waals surface area (Å²) in [5.74, 6) is -0.115. The molecule has 1 rings (SSSR count). The topological polar surface area (TPSA) is 101 Å². The van der Waals surface area contributed by atoms with Crippen LogP contribution in [0.25, 0.3) is 0 Å². The summed E-state index contributed by atoms with van der Waals surface area (Å²) in [6, 6.07) is -0.595. The van der Waals surface area contributed by atoms with Gasteiger partial charge in [-0.25, -0.2) is 4.98 Å². The number of hydrogen-bond donors (Lipinski definition) is 3. The molecule has 1 aromatic heterocycles. The molecular formula is C12H21N3O3. The van der Waals surface area contributed by atoms with Crippen LogP contribution < -0.4 is 11.1 Å². The molecule has 0 aliphatic carbocycles. The first-order valence-corrected chi connectivity index (χ1v) is 6.19. The Labute approximate surface area is 107 Å². The molecule has 2 atom stereocenters. The van der Waals surface area contributed by atoms with Gasteiger partial charge in [0.15, 0.2) is 5.69 Å². The van der Waals surface area contributed by atoms with Crippen LogP contribution in [-0.4, -0.2) is 28.1 Å². The first-order chi connectivity index (χ1) is 8.49. The first kappa shape index (κ1) is 14.7. The quantitative estimate of drug-likeness (QED) is 0.703. The monoisotopic (exact) mass is 255 g/mol. The number of nitrogens with zero attached hydrogens (tertiary/aromatic N) is 1. The highest BCUT2D eigenvalue weighted by atomic mass is 16.3. The van der Waals surface area contributed by atoms with Crippen LogP contribution in [0.4, 0.5) is 0 Å². The number of carbonyl (C=O) groups is 1. The minimum Gasteiger partial charge on any atom is -0.446 e. The molecule has 0 saturated heterocycles. The second-order valence-corrected chi connectivity index (χ2v) is 4.32. The molecule has 0 saturated carbocycles. The summed E-state index contributed by atoms with van der Waals surface area (Å²) in [5, 5.41) is 12.2. The van der Waals surface area contributed by atoms with Gasteiger partial charge in [-0.3, -0.25) is 4.79 Å². The van der Waals surface area contributed by atoms with Crippen LogP contribution in [-0.2, 0) is 0 Å². The van der Waals surface area contributed by atoms with Crippen molar-refractivity contribution in [2.75, 3.05) is 0 Å². The molecule has 6 heteroatoms. The molecule has 2 unspecified atom stereocenters. The second-order valence-electron chi connectivity index (χ2n) is 4.32. The standard InChI is InChI=1S/C12H21N3O3/c1-4-8(5-2)14-11(17)9-6-18-12(15-9)10(13)7(3)16/h6-8,10,16H,4-5,13H2,1-3H3,(H,14,17). The Morgan fingerprint density at radius 2 is 2.17 bits per heavy atom. The molecule has 0 fully saturated rings. The van der Waals surface area contributed by atoms with Crippen LogP contribution in [0.2, 0.25) is 0 Å². The molecule has 0 aliphatic rings. The van der Waals surface area contributed by atoms with Crippen molar-refractivity contribution >= 4 is 5.91 Å². The van der Waals surface area contributed by atoms with E-state index in [1.165, 1.54) is 6.26 Å². The Morgan fingerprint density at radius 1 is 1.56 bits per heavy atom. The predicted octanol–water partition coefficient (Wildman–Crippen LogP) is 0.974. The minimum absolute atomic E-state index is 0.128. The Morgan fingerprint density at radius 3 is 2.67 bits per heavy atom. The van der Waals surface area contributed by atoms with E-state index in [0.29, 0.717) is 0 Å². The van der Waals surface area contributed by atoms with E-state index in [0.717, 1.165) is 12.8 Å². The van der Waals surface area contributed by atoms with Gasteiger partial charge >= 0.3 is 0 Å². The summed E-state index contributed by atoms with van der Waals surface area (Å²) in [5.41, 5.74) is 5.85. The van der Waals surface area contributed by atoms with Gasteiger partial charge in [0, 0.05) is 6.04 Å². The molecule has 0 spiro atoms. The van der Waals surface area contributed by atoms with Crippen molar-refractivity contribution in [3.05, 3.63) is 17.8 Å². The number of amides is 1. The predicted molar refractivity (Wildman–Crippen MR) is 66.9 cm³/mol. The summed E-state index contributed by atoms with van der Waals surface area (Å²) >= 11 is 0. The molecular weight excluding hydrogens is 234 g/mol. The van der Waals surface area contributed by atoms with Crippen molar-refractivity contribution < 1.29 is 14.3 Å². The van der Waals surface area contributed by atoms with Crippen LogP contribution in [0.3, 0.4) is 0 Å². The zero-order chi connectivity index (χ0) is 13.7. The Kier molecular flexibility index (Phi) is 5.30. The number of hydrogen-bond acceptors (Lipinski definition) is 5. The van der Waals surface area contributed by atoms with Gasteiger partial charge in [-0.15, -0.1) is 0 Å². The number of carbonyl (C=O) groups excluding carboxylic acids is 1. The zero-order valence-electron chi connectivity index (χ0n) is 11.0. The highest BCUT2D eigenvalue weighted by Gasteiger charge is 2.21. The summed E-state index contributed by atoms with van der Waals surface area (Å²) in [6.07, 6.45) is 2.20. The van der Waals surface area contributed by atoms with Gasteiger partial charge in [0.05, 0.1) is 6.10 Å². The van der Waals surface area contributed by atoms with E-state index >= 15 is 0 Å². The second kappa shape index (κ2) is 6.51. The van der Waals surface area contributed by atoms with Gasteiger partial charge in [-0.05, 0) is 19.8 Å². The molecule has 0 bridgehead atoms. The van der Waals surface area contributed by atoms with E-state index in [2.05, 4.69) is 10.3 Å². The maximum absolute atomic E-state index is 11.8. The number of oxazole rings is 1. The van der Waals surface area contributed by atoms with E-state index in [4.69, 9.17) is 10.2 Å². The van der Waals surface area contributed by atoms with E-state index in [9.17, 15) is 9.90 Å². The number of aliphatic hydroxyl groups excluding tert-OH is 1. The third-order valence-electron chi connectivity index (χ3n) is 2.88. The molecule has 1 heterocycles.